The summed E-state index contributed by atoms with van der Waals surface area (Å²) in [7, 11) is 0. The number of pyridine rings is 1. The number of ether oxygens (including phenoxy) is 1. The molecule has 1 aliphatic carbocycles. The van der Waals surface area contributed by atoms with E-state index >= 15 is 0 Å². The van der Waals surface area contributed by atoms with Crippen molar-refractivity contribution in [1.82, 2.24) is 9.88 Å². The van der Waals surface area contributed by atoms with Gasteiger partial charge in [0, 0.05) is 37.0 Å². The van der Waals surface area contributed by atoms with Gasteiger partial charge in [-0.15, -0.1) is 0 Å². The fourth-order valence-electron chi connectivity index (χ4n) is 2.49. The zero-order chi connectivity index (χ0) is 20.9. The average Bonchev–Trinajstić information content (AvgIpc) is 3.47. The molecule has 28 heavy (non-hydrogen) atoms. The minimum absolute atomic E-state index is 0.0594. The van der Waals surface area contributed by atoms with Crippen LogP contribution in [0.25, 0.3) is 0 Å². The summed E-state index contributed by atoms with van der Waals surface area (Å²) >= 11 is 0. The smallest absolute Gasteiger partial charge is 0.475 e. The molecule has 0 atom stereocenters. The van der Waals surface area contributed by atoms with Gasteiger partial charge in [-0.2, -0.15) is 13.2 Å². The second kappa shape index (κ2) is 9.00. The minimum Gasteiger partial charge on any atom is -0.475 e. The highest BCUT2D eigenvalue weighted by Crippen LogP contribution is 2.32. The van der Waals surface area contributed by atoms with Gasteiger partial charge in [-0.25, -0.2) is 14.2 Å². The number of aliphatic carboxylic acids is 1. The van der Waals surface area contributed by atoms with Crippen LogP contribution in [0, 0.1) is 0 Å². The summed E-state index contributed by atoms with van der Waals surface area (Å²) in [4.78, 5) is 27.3. The number of rotatable bonds is 5. The number of amides is 1. The van der Waals surface area contributed by atoms with Crippen molar-refractivity contribution in [2.45, 2.75) is 31.5 Å². The summed E-state index contributed by atoms with van der Waals surface area (Å²) in [5.74, 6) is -2.30. The molecule has 3 N–H and O–H groups in total. The van der Waals surface area contributed by atoms with Gasteiger partial charge in [-0.1, -0.05) is 0 Å². The number of nitrogens with zero attached hydrogens (tertiary/aromatic N) is 2. The molecule has 0 spiro atoms. The number of aromatic nitrogens is 1. The number of hydrogen-bond acceptors (Lipinski definition) is 5. The van der Waals surface area contributed by atoms with Crippen molar-refractivity contribution in [3.8, 4) is 5.88 Å². The molecule has 154 valence electrons. The first-order valence-corrected chi connectivity index (χ1v) is 8.38. The van der Waals surface area contributed by atoms with Gasteiger partial charge in [0.15, 0.2) is 0 Å². The largest absolute Gasteiger partial charge is 0.490 e. The van der Waals surface area contributed by atoms with Crippen LogP contribution in [0.4, 0.5) is 17.6 Å². The maximum atomic E-state index is 12.4. The van der Waals surface area contributed by atoms with E-state index in [1.807, 2.05) is 4.90 Å². The molecule has 0 saturated heterocycles. The Kier molecular flexibility index (Phi) is 6.95. The van der Waals surface area contributed by atoms with E-state index in [1.54, 1.807) is 12.3 Å². The number of carbonyl (C=O) groups is 2. The molecule has 2 heterocycles. The van der Waals surface area contributed by atoms with Gasteiger partial charge >= 0.3 is 12.1 Å². The second-order valence-electron chi connectivity index (χ2n) is 6.22. The average molecular weight is 405 g/mol. The fourth-order valence-corrected chi connectivity index (χ4v) is 2.49. The third kappa shape index (κ3) is 5.65. The highest BCUT2D eigenvalue weighted by Gasteiger charge is 2.38. The standard InChI is InChI=1S/C15H18FN3O2.C2HF3O2/c16-6-10(7-17)9-21-14-5-11-3-4-19(12-1-2-12)15(20)13(11)8-18-14;3-2(4,5)1(6)7/h5-6,8,12H,1-4,7,9,17H2;(H,6,7)/b10-6-;. The normalized spacial score (nSPS) is 16.8. The Morgan fingerprint density at radius 1 is 1.43 bits per heavy atom. The van der Waals surface area contributed by atoms with E-state index in [1.165, 1.54) is 0 Å². The van der Waals surface area contributed by atoms with Gasteiger partial charge in [0.1, 0.15) is 6.61 Å². The molecule has 1 amide bonds. The Morgan fingerprint density at radius 3 is 2.57 bits per heavy atom. The predicted molar refractivity (Wildman–Crippen MR) is 89.4 cm³/mol. The minimum atomic E-state index is -5.08. The maximum Gasteiger partial charge on any atom is 0.490 e. The van der Waals surface area contributed by atoms with Crippen molar-refractivity contribution in [3.05, 3.63) is 35.3 Å². The van der Waals surface area contributed by atoms with Crippen LogP contribution in [0.2, 0.25) is 0 Å². The highest BCUT2D eigenvalue weighted by molar-refractivity contribution is 5.96. The Bertz CT molecular complexity index is 763. The zero-order valence-corrected chi connectivity index (χ0v) is 14.7. The number of carboxylic acids is 1. The van der Waals surface area contributed by atoms with Crippen molar-refractivity contribution in [1.29, 1.82) is 0 Å². The van der Waals surface area contributed by atoms with E-state index in [0.29, 0.717) is 29.4 Å². The summed E-state index contributed by atoms with van der Waals surface area (Å²) in [5, 5.41) is 7.12. The lowest BCUT2D eigenvalue weighted by Gasteiger charge is -2.28. The third-order valence-electron chi connectivity index (χ3n) is 4.13. The van der Waals surface area contributed by atoms with Crippen molar-refractivity contribution in [2.75, 3.05) is 19.7 Å². The summed E-state index contributed by atoms with van der Waals surface area (Å²) in [6, 6.07) is 2.19. The summed E-state index contributed by atoms with van der Waals surface area (Å²) in [5.41, 5.74) is 7.33. The van der Waals surface area contributed by atoms with E-state index < -0.39 is 12.1 Å². The van der Waals surface area contributed by atoms with Crippen LogP contribution in [-0.2, 0) is 11.2 Å². The molecule has 0 radical (unpaired) electrons. The van der Waals surface area contributed by atoms with Gasteiger partial charge < -0.3 is 20.5 Å². The Morgan fingerprint density at radius 2 is 2.07 bits per heavy atom. The molecule has 3 rings (SSSR count). The molecule has 1 aromatic rings. The number of carbonyl (C=O) groups excluding carboxylic acids is 1. The summed E-state index contributed by atoms with van der Waals surface area (Å²) < 4.78 is 49.6. The van der Waals surface area contributed by atoms with Crippen molar-refractivity contribution in [3.63, 3.8) is 0 Å². The van der Waals surface area contributed by atoms with Gasteiger partial charge in [-0.3, -0.25) is 4.79 Å². The Hall–Kier alpha value is -2.69. The van der Waals surface area contributed by atoms with E-state index in [4.69, 9.17) is 20.4 Å². The number of nitrogens with two attached hydrogens (primary N) is 1. The van der Waals surface area contributed by atoms with Crippen molar-refractivity contribution < 1.29 is 37.0 Å². The van der Waals surface area contributed by atoms with Crippen LogP contribution in [-0.4, -0.2) is 58.8 Å². The van der Waals surface area contributed by atoms with Crippen LogP contribution in [0.3, 0.4) is 0 Å². The molecule has 0 unspecified atom stereocenters. The molecule has 7 nitrogen and oxygen atoms in total. The lowest BCUT2D eigenvalue weighted by Crippen LogP contribution is -2.39. The quantitative estimate of drug-likeness (QED) is 0.727. The number of halogens is 4. The summed E-state index contributed by atoms with van der Waals surface area (Å²) in [6.45, 7) is 0.926. The van der Waals surface area contributed by atoms with Gasteiger partial charge in [0.05, 0.1) is 11.9 Å². The molecule has 0 bridgehead atoms. The topological polar surface area (TPSA) is 106 Å². The molecule has 1 aliphatic heterocycles. The summed E-state index contributed by atoms with van der Waals surface area (Å²) in [6.07, 6.45) is -0.0579. The number of carboxylic acid groups (broad SMARTS) is 1. The number of fused-ring (bicyclic) bond motifs is 1. The van der Waals surface area contributed by atoms with Gasteiger partial charge in [0.2, 0.25) is 5.88 Å². The molecular formula is C17H19F4N3O4. The fraction of sp³-hybridized carbons (Fsp3) is 0.471. The Balaban J connectivity index is 0.000000345. The number of hydrogen-bond donors (Lipinski definition) is 2. The van der Waals surface area contributed by atoms with Gasteiger partial charge in [-0.05, 0) is 24.8 Å². The predicted octanol–water partition coefficient (Wildman–Crippen LogP) is 2.07. The first kappa shape index (κ1) is 21.6. The lowest BCUT2D eigenvalue weighted by atomic mass is 10.0. The molecule has 1 fully saturated rings. The third-order valence-corrected chi connectivity index (χ3v) is 4.13. The molecule has 1 saturated carbocycles. The first-order valence-electron chi connectivity index (χ1n) is 8.38. The molecule has 0 aromatic carbocycles. The van der Waals surface area contributed by atoms with Crippen molar-refractivity contribution >= 4 is 11.9 Å². The molecule has 2 aliphatic rings. The van der Waals surface area contributed by atoms with Gasteiger partial charge in [0.25, 0.3) is 5.91 Å². The van der Waals surface area contributed by atoms with Crippen LogP contribution >= 0.6 is 0 Å². The van der Waals surface area contributed by atoms with Crippen LogP contribution < -0.4 is 10.5 Å². The molecule has 11 heteroatoms. The van der Waals surface area contributed by atoms with Crippen LogP contribution in [0.5, 0.6) is 5.88 Å². The van der Waals surface area contributed by atoms with E-state index in [0.717, 1.165) is 31.4 Å². The van der Waals surface area contributed by atoms with E-state index in [2.05, 4.69) is 4.98 Å². The first-order chi connectivity index (χ1) is 13.2. The van der Waals surface area contributed by atoms with Crippen molar-refractivity contribution in [2.24, 2.45) is 5.73 Å². The van der Waals surface area contributed by atoms with Crippen LogP contribution in [0.1, 0.15) is 28.8 Å². The molecule has 1 aromatic heterocycles. The monoisotopic (exact) mass is 405 g/mol. The Labute approximate surface area is 157 Å². The maximum absolute atomic E-state index is 12.4. The number of alkyl halides is 3. The SMILES string of the molecule is NC/C(=C/F)COc1cc2c(cn1)C(=O)N(C1CC1)CC2.O=C(O)C(F)(F)F. The highest BCUT2D eigenvalue weighted by atomic mass is 19.4. The lowest BCUT2D eigenvalue weighted by molar-refractivity contribution is -0.192. The van der Waals surface area contributed by atoms with E-state index in [9.17, 15) is 22.4 Å². The zero-order valence-electron chi connectivity index (χ0n) is 14.7. The second-order valence-corrected chi connectivity index (χ2v) is 6.22. The van der Waals surface area contributed by atoms with E-state index in [-0.39, 0.29) is 19.1 Å². The molecular weight excluding hydrogens is 386 g/mol. The van der Waals surface area contributed by atoms with Crippen LogP contribution in [0.15, 0.2) is 24.2 Å².